The smallest absolute Gasteiger partial charge is 0.287 e. The molecule has 2 N–H and O–H groups in total. The van der Waals surface area contributed by atoms with Gasteiger partial charge in [-0.15, -0.1) is 0 Å². The molecule has 0 saturated heterocycles. The van der Waals surface area contributed by atoms with Crippen molar-refractivity contribution in [2.45, 2.75) is 31.7 Å². The summed E-state index contributed by atoms with van der Waals surface area (Å²) in [5, 5.41) is 14.4. The Balaban J connectivity index is 1.78. The summed E-state index contributed by atoms with van der Waals surface area (Å²) in [6.07, 6.45) is 3.86. The molecule has 1 fully saturated rings. The summed E-state index contributed by atoms with van der Waals surface area (Å²) in [7, 11) is 1.81. The SMILES string of the molecule is Cn1c(C(=O)NC2CCCC[C@@H]2CO)nc(-c2ccc(Cl)cc2Cl)c1-c1ccc(Cl)cc1. The van der Waals surface area contributed by atoms with Crippen molar-refractivity contribution in [3.63, 3.8) is 0 Å². The lowest BCUT2D eigenvalue weighted by atomic mass is 9.85. The number of nitrogens with zero attached hydrogens (tertiary/aromatic N) is 2. The third-order valence-electron chi connectivity index (χ3n) is 6.06. The van der Waals surface area contributed by atoms with Crippen molar-refractivity contribution in [3.8, 4) is 22.5 Å². The molecule has 1 heterocycles. The van der Waals surface area contributed by atoms with Gasteiger partial charge in [0.2, 0.25) is 0 Å². The van der Waals surface area contributed by atoms with Crippen molar-refractivity contribution in [2.24, 2.45) is 13.0 Å². The summed E-state index contributed by atoms with van der Waals surface area (Å²) in [6.45, 7) is 0.0627. The van der Waals surface area contributed by atoms with Gasteiger partial charge >= 0.3 is 0 Å². The molecule has 1 saturated carbocycles. The van der Waals surface area contributed by atoms with Crippen LogP contribution in [0.4, 0.5) is 0 Å². The number of imidazole rings is 1. The van der Waals surface area contributed by atoms with Crippen molar-refractivity contribution in [1.29, 1.82) is 0 Å². The summed E-state index contributed by atoms with van der Waals surface area (Å²) in [5.41, 5.74) is 2.87. The number of rotatable bonds is 5. The zero-order chi connectivity index (χ0) is 22.8. The summed E-state index contributed by atoms with van der Waals surface area (Å²) < 4.78 is 1.77. The van der Waals surface area contributed by atoms with Crippen LogP contribution in [0.5, 0.6) is 0 Å². The van der Waals surface area contributed by atoms with Crippen LogP contribution in [0.2, 0.25) is 15.1 Å². The molecular formula is C24H24Cl3N3O2. The molecule has 1 amide bonds. The Morgan fingerprint density at radius 2 is 1.78 bits per heavy atom. The molecule has 32 heavy (non-hydrogen) atoms. The van der Waals surface area contributed by atoms with E-state index in [1.807, 2.05) is 19.2 Å². The predicted molar refractivity (Wildman–Crippen MR) is 129 cm³/mol. The lowest BCUT2D eigenvalue weighted by molar-refractivity contribution is 0.0859. The highest BCUT2D eigenvalue weighted by Gasteiger charge is 2.29. The molecule has 1 unspecified atom stereocenters. The number of carbonyl (C=O) groups is 1. The number of amides is 1. The van der Waals surface area contributed by atoms with E-state index in [1.165, 1.54) is 0 Å². The molecule has 2 aromatic carbocycles. The molecule has 5 nitrogen and oxygen atoms in total. The lowest BCUT2D eigenvalue weighted by Gasteiger charge is -2.30. The number of carbonyl (C=O) groups excluding carboxylic acids is 1. The highest BCUT2D eigenvalue weighted by Crippen LogP contribution is 2.37. The number of halogens is 3. The zero-order valence-electron chi connectivity index (χ0n) is 17.6. The highest BCUT2D eigenvalue weighted by atomic mass is 35.5. The van der Waals surface area contributed by atoms with Crippen LogP contribution >= 0.6 is 34.8 Å². The summed E-state index contributed by atoms with van der Waals surface area (Å²) in [4.78, 5) is 18.0. The predicted octanol–water partition coefficient (Wildman–Crippen LogP) is 6.00. The second-order valence-electron chi connectivity index (χ2n) is 8.13. The van der Waals surface area contributed by atoms with Gasteiger partial charge in [-0.1, -0.05) is 59.8 Å². The molecule has 1 aromatic heterocycles. The van der Waals surface area contributed by atoms with Crippen LogP contribution < -0.4 is 5.32 Å². The molecule has 0 radical (unpaired) electrons. The van der Waals surface area contributed by atoms with E-state index in [0.29, 0.717) is 26.3 Å². The van der Waals surface area contributed by atoms with Gasteiger partial charge in [0.05, 0.1) is 16.4 Å². The molecule has 1 aliphatic rings. The maximum absolute atomic E-state index is 13.3. The Morgan fingerprint density at radius 1 is 1.09 bits per heavy atom. The Hall–Kier alpha value is -2.05. The number of aliphatic hydroxyl groups is 1. The summed E-state index contributed by atoms with van der Waals surface area (Å²) in [5.74, 6) is 0.0662. The third kappa shape index (κ3) is 4.67. The zero-order valence-corrected chi connectivity index (χ0v) is 19.9. The molecule has 0 bridgehead atoms. The second kappa shape index (κ2) is 9.84. The minimum absolute atomic E-state index is 0.0627. The number of hydrogen-bond acceptors (Lipinski definition) is 3. The number of aliphatic hydroxyl groups excluding tert-OH is 1. The van der Waals surface area contributed by atoms with Crippen molar-refractivity contribution in [2.75, 3.05) is 6.61 Å². The normalized spacial score (nSPS) is 18.5. The first-order valence-electron chi connectivity index (χ1n) is 10.6. The molecular weight excluding hydrogens is 469 g/mol. The largest absolute Gasteiger partial charge is 0.396 e. The minimum Gasteiger partial charge on any atom is -0.396 e. The van der Waals surface area contributed by atoms with Gasteiger partial charge in [-0.2, -0.15) is 0 Å². The molecule has 3 aromatic rings. The van der Waals surface area contributed by atoms with Crippen LogP contribution in [-0.4, -0.2) is 33.2 Å². The Bertz CT molecular complexity index is 1130. The fraction of sp³-hybridized carbons (Fsp3) is 0.333. The highest BCUT2D eigenvalue weighted by molar-refractivity contribution is 6.36. The number of hydrogen-bond donors (Lipinski definition) is 2. The topological polar surface area (TPSA) is 67.2 Å². The van der Waals surface area contributed by atoms with E-state index < -0.39 is 0 Å². The Labute approximate surface area is 202 Å². The average molecular weight is 493 g/mol. The van der Waals surface area contributed by atoms with E-state index in [2.05, 4.69) is 5.32 Å². The molecule has 4 rings (SSSR count). The van der Waals surface area contributed by atoms with Crippen molar-refractivity contribution < 1.29 is 9.90 Å². The monoisotopic (exact) mass is 491 g/mol. The van der Waals surface area contributed by atoms with Gasteiger partial charge in [0.15, 0.2) is 5.82 Å². The molecule has 8 heteroatoms. The third-order valence-corrected chi connectivity index (χ3v) is 6.86. The van der Waals surface area contributed by atoms with Gasteiger partial charge < -0.3 is 15.0 Å². The molecule has 0 spiro atoms. The van der Waals surface area contributed by atoms with E-state index in [4.69, 9.17) is 39.8 Å². The second-order valence-corrected chi connectivity index (χ2v) is 9.41. The molecule has 2 atom stereocenters. The standard InChI is InChI=1S/C24H24Cl3N3O2/c1-30-22(14-6-8-16(25)9-7-14)21(18-11-10-17(26)12-19(18)27)29-23(30)24(32)28-20-5-3-2-4-15(20)13-31/h6-12,15,20,31H,2-5,13H2,1H3,(H,28,32)/t15-,20?/m1/s1. The van der Waals surface area contributed by atoms with Gasteiger partial charge in [0, 0.05) is 46.8 Å². The quantitative estimate of drug-likeness (QED) is 0.459. The first kappa shape index (κ1) is 23.1. The first-order valence-corrected chi connectivity index (χ1v) is 11.7. The van der Waals surface area contributed by atoms with Gasteiger partial charge in [0.25, 0.3) is 5.91 Å². The van der Waals surface area contributed by atoms with Crippen molar-refractivity contribution in [3.05, 3.63) is 63.4 Å². The maximum Gasteiger partial charge on any atom is 0.287 e. The van der Waals surface area contributed by atoms with Gasteiger partial charge in [0.1, 0.15) is 0 Å². The van der Waals surface area contributed by atoms with Crippen molar-refractivity contribution >= 4 is 40.7 Å². The first-order chi connectivity index (χ1) is 15.4. The van der Waals surface area contributed by atoms with E-state index in [0.717, 1.165) is 36.9 Å². The lowest BCUT2D eigenvalue weighted by Crippen LogP contribution is -2.44. The van der Waals surface area contributed by atoms with Gasteiger partial charge in [-0.3, -0.25) is 4.79 Å². The number of nitrogens with one attached hydrogen (secondary N) is 1. The number of aromatic nitrogens is 2. The molecule has 1 aliphatic carbocycles. The van der Waals surface area contributed by atoms with Crippen LogP contribution in [0.1, 0.15) is 36.3 Å². The van der Waals surface area contributed by atoms with Crippen LogP contribution in [0, 0.1) is 5.92 Å². The minimum atomic E-state index is -0.274. The van der Waals surface area contributed by atoms with E-state index in [-0.39, 0.29) is 30.3 Å². The van der Waals surface area contributed by atoms with E-state index in [9.17, 15) is 9.90 Å². The summed E-state index contributed by atoms with van der Waals surface area (Å²) >= 11 is 18.7. The van der Waals surface area contributed by atoms with Crippen LogP contribution in [0.3, 0.4) is 0 Å². The fourth-order valence-corrected chi connectivity index (χ4v) is 4.98. The van der Waals surface area contributed by atoms with E-state index in [1.54, 1.807) is 34.9 Å². The van der Waals surface area contributed by atoms with Crippen LogP contribution in [0.15, 0.2) is 42.5 Å². The summed E-state index contributed by atoms with van der Waals surface area (Å²) in [6, 6.07) is 12.5. The molecule has 168 valence electrons. The van der Waals surface area contributed by atoms with Gasteiger partial charge in [-0.05, 0) is 43.2 Å². The van der Waals surface area contributed by atoms with Crippen LogP contribution in [-0.2, 0) is 7.05 Å². The van der Waals surface area contributed by atoms with E-state index >= 15 is 0 Å². The average Bonchev–Trinajstić information content (AvgIpc) is 3.11. The molecule has 0 aliphatic heterocycles. The maximum atomic E-state index is 13.3. The Kier molecular flexibility index (Phi) is 7.11. The van der Waals surface area contributed by atoms with Gasteiger partial charge in [-0.25, -0.2) is 4.98 Å². The van der Waals surface area contributed by atoms with Crippen molar-refractivity contribution in [1.82, 2.24) is 14.9 Å². The van der Waals surface area contributed by atoms with Crippen LogP contribution in [0.25, 0.3) is 22.5 Å². The Morgan fingerprint density at radius 3 is 2.47 bits per heavy atom. The number of benzene rings is 2. The fourth-order valence-electron chi connectivity index (χ4n) is 4.36.